The first-order chi connectivity index (χ1) is 5.85. The zero-order valence-corrected chi connectivity index (χ0v) is 8.14. The van der Waals surface area contributed by atoms with Gasteiger partial charge in [0.1, 0.15) is 0 Å². The second-order valence-electron chi connectivity index (χ2n) is 4.43. The van der Waals surface area contributed by atoms with Crippen LogP contribution in [0.25, 0.3) is 0 Å². The van der Waals surface area contributed by atoms with Crippen LogP contribution < -0.4 is 0 Å². The third-order valence-corrected chi connectivity index (χ3v) is 3.56. The van der Waals surface area contributed by atoms with Gasteiger partial charge in [0.15, 0.2) is 0 Å². The van der Waals surface area contributed by atoms with Crippen molar-refractivity contribution in [1.82, 2.24) is 0 Å². The van der Waals surface area contributed by atoms with Crippen molar-refractivity contribution >= 4 is 0 Å². The average molecular weight is 168 g/mol. The summed E-state index contributed by atoms with van der Waals surface area (Å²) in [6.07, 6.45) is 11.4. The van der Waals surface area contributed by atoms with Crippen LogP contribution in [0.15, 0.2) is 0 Å². The van der Waals surface area contributed by atoms with Gasteiger partial charge >= 0.3 is 0 Å². The molecule has 70 valence electrons. The van der Waals surface area contributed by atoms with Crippen LogP contribution in [0.2, 0.25) is 0 Å². The number of ether oxygens (including phenoxy) is 1. The minimum absolute atomic E-state index is 0.346. The molecule has 1 nitrogen and oxygen atoms in total. The van der Waals surface area contributed by atoms with Crippen LogP contribution in [0.3, 0.4) is 0 Å². The van der Waals surface area contributed by atoms with Crippen LogP contribution in [-0.2, 0) is 4.74 Å². The summed E-state index contributed by atoms with van der Waals surface area (Å²) in [4.78, 5) is 0. The molecule has 0 bridgehead atoms. The normalized spacial score (nSPS) is 34.2. The van der Waals surface area contributed by atoms with Gasteiger partial charge in [0.05, 0.1) is 11.7 Å². The Hall–Kier alpha value is -0.0400. The molecule has 1 atom stereocenters. The Balaban J connectivity index is 1.94. The monoisotopic (exact) mass is 168 g/mol. The van der Waals surface area contributed by atoms with Crippen molar-refractivity contribution in [3.63, 3.8) is 0 Å². The zero-order chi connectivity index (χ0) is 8.44. The summed E-state index contributed by atoms with van der Waals surface area (Å²) in [5.74, 6) is 0. The van der Waals surface area contributed by atoms with E-state index < -0.39 is 0 Å². The maximum absolute atomic E-state index is 6.14. The highest BCUT2D eigenvalue weighted by molar-refractivity contribution is 4.90. The molecule has 0 aromatic carbocycles. The fourth-order valence-corrected chi connectivity index (χ4v) is 2.75. The lowest BCUT2D eigenvalue weighted by molar-refractivity contribution is -0.0640. The first-order valence-corrected chi connectivity index (χ1v) is 5.52. The molecule has 0 radical (unpaired) electrons. The Morgan fingerprint density at radius 2 is 1.92 bits per heavy atom. The van der Waals surface area contributed by atoms with Gasteiger partial charge in [-0.15, -0.1) is 0 Å². The third kappa shape index (κ3) is 1.52. The lowest BCUT2D eigenvalue weighted by Gasteiger charge is -2.33. The molecule has 0 N–H and O–H groups in total. The predicted molar refractivity (Wildman–Crippen MR) is 50.2 cm³/mol. The summed E-state index contributed by atoms with van der Waals surface area (Å²) in [5, 5.41) is 0. The molecule has 12 heavy (non-hydrogen) atoms. The SMILES string of the molecule is CCC1CCC2(CCCCC2)O1. The van der Waals surface area contributed by atoms with E-state index in [0.29, 0.717) is 11.7 Å². The topological polar surface area (TPSA) is 9.23 Å². The molecule has 0 aromatic heterocycles. The lowest BCUT2D eigenvalue weighted by atomic mass is 9.83. The molecule has 0 aromatic rings. The summed E-state index contributed by atoms with van der Waals surface area (Å²) in [5.41, 5.74) is 0.346. The molecule has 1 saturated heterocycles. The molecule has 0 amide bonds. The first kappa shape index (κ1) is 8.55. The summed E-state index contributed by atoms with van der Waals surface area (Å²) >= 11 is 0. The molecule has 2 fully saturated rings. The van der Waals surface area contributed by atoms with Crippen molar-refractivity contribution in [3.8, 4) is 0 Å². The van der Waals surface area contributed by atoms with E-state index in [1.807, 2.05) is 0 Å². The second kappa shape index (κ2) is 3.37. The molecule has 2 aliphatic rings. The van der Waals surface area contributed by atoms with E-state index in [4.69, 9.17) is 4.74 Å². The largest absolute Gasteiger partial charge is 0.372 e. The van der Waals surface area contributed by atoms with Crippen molar-refractivity contribution in [2.75, 3.05) is 0 Å². The fraction of sp³-hybridized carbons (Fsp3) is 1.00. The molecular weight excluding hydrogens is 148 g/mol. The van der Waals surface area contributed by atoms with Gasteiger partial charge in [-0.2, -0.15) is 0 Å². The van der Waals surface area contributed by atoms with E-state index in [1.165, 1.54) is 51.4 Å². The molecular formula is C11H20O. The maximum atomic E-state index is 6.14. The van der Waals surface area contributed by atoms with Crippen molar-refractivity contribution in [2.45, 2.75) is 70.0 Å². The van der Waals surface area contributed by atoms with Gasteiger partial charge < -0.3 is 4.74 Å². The first-order valence-electron chi connectivity index (χ1n) is 5.52. The summed E-state index contributed by atoms with van der Waals surface area (Å²) < 4.78 is 6.14. The summed E-state index contributed by atoms with van der Waals surface area (Å²) in [7, 11) is 0. The molecule has 1 saturated carbocycles. The van der Waals surface area contributed by atoms with Crippen LogP contribution in [0.4, 0.5) is 0 Å². The highest BCUT2D eigenvalue weighted by Crippen LogP contribution is 2.42. The van der Waals surface area contributed by atoms with Gasteiger partial charge in [-0.25, -0.2) is 0 Å². The Labute approximate surface area is 75.5 Å². The van der Waals surface area contributed by atoms with Gasteiger partial charge in [-0.05, 0) is 32.1 Å². The highest BCUT2D eigenvalue weighted by atomic mass is 16.5. The van der Waals surface area contributed by atoms with E-state index in [1.54, 1.807) is 0 Å². The molecule has 1 heterocycles. The van der Waals surface area contributed by atoms with Crippen LogP contribution in [0, 0.1) is 0 Å². The second-order valence-corrected chi connectivity index (χ2v) is 4.43. The average Bonchev–Trinajstić information content (AvgIpc) is 2.50. The van der Waals surface area contributed by atoms with Gasteiger partial charge in [-0.1, -0.05) is 26.2 Å². The molecule has 1 aliphatic carbocycles. The van der Waals surface area contributed by atoms with E-state index in [2.05, 4.69) is 6.92 Å². The van der Waals surface area contributed by atoms with Crippen molar-refractivity contribution < 1.29 is 4.74 Å². The fourth-order valence-electron chi connectivity index (χ4n) is 2.75. The van der Waals surface area contributed by atoms with E-state index in [9.17, 15) is 0 Å². The van der Waals surface area contributed by atoms with Crippen molar-refractivity contribution in [1.29, 1.82) is 0 Å². The van der Waals surface area contributed by atoms with Crippen molar-refractivity contribution in [2.24, 2.45) is 0 Å². The van der Waals surface area contributed by atoms with E-state index in [0.717, 1.165) is 0 Å². The van der Waals surface area contributed by atoms with Gasteiger partial charge in [0.2, 0.25) is 0 Å². The molecule has 1 spiro atoms. The van der Waals surface area contributed by atoms with Gasteiger partial charge in [0.25, 0.3) is 0 Å². The standard InChI is InChI=1S/C11H20O/c1-2-10-6-9-11(12-10)7-4-3-5-8-11/h10H,2-9H2,1H3. The lowest BCUT2D eigenvalue weighted by Crippen LogP contribution is -2.31. The Bertz CT molecular complexity index is 147. The molecule has 1 heteroatoms. The Morgan fingerprint density at radius 1 is 1.17 bits per heavy atom. The summed E-state index contributed by atoms with van der Waals surface area (Å²) in [6, 6.07) is 0. The molecule has 1 aliphatic heterocycles. The van der Waals surface area contributed by atoms with Crippen LogP contribution in [-0.4, -0.2) is 11.7 Å². The van der Waals surface area contributed by atoms with Crippen molar-refractivity contribution in [3.05, 3.63) is 0 Å². The zero-order valence-electron chi connectivity index (χ0n) is 8.14. The van der Waals surface area contributed by atoms with E-state index in [-0.39, 0.29) is 0 Å². The molecule has 2 rings (SSSR count). The predicted octanol–water partition coefficient (Wildman–Crippen LogP) is 3.28. The molecule has 1 unspecified atom stereocenters. The highest BCUT2D eigenvalue weighted by Gasteiger charge is 2.39. The maximum Gasteiger partial charge on any atom is 0.0687 e. The van der Waals surface area contributed by atoms with Gasteiger partial charge in [0, 0.05) is 0 Å². The third-order valence-electron chi connectivity index (χ3n) is 3.56. The smallest absolute Gasteiger partial charge is 0.0687 e. The quantitative estimate of drug-likeness (QED) is 0.584. The van der Waals surface area contributed by atoms with Crippen LogP contribution >= 0.6 is 0 Å². The van der Waals surface area contributed by atoms with Crippen LogP contribution in [0.1, 0.15) is 58.3 Å². The Kier molecular flexibility index (Phi) is 2.40. The van der Waals surface area contributed by atoms with E-state index >= 15 is 0 Å². The van der Waals surface area contributed by atoms with Gasteiger partial charge in [-0.3, -0.25) is 0 Å². The minimum atomic E-state index is 0.346. The number of hydrogen-bond acceptors (Lipinski definition) is 1. The Morgan fingerprint density at radius 3 is 2.50 bits per heavy atom. The number of hydrogen-bond donors (Lipinski definition) is 0. The van der Waals surface area contributed by atoms with Crippen LogP contribution in [0.5, 0.6) is 0 Å². The summed E-state index contributed by atoms with van der Waals surface area (Å²) in [6.45, 7) is 2.24. The number of rotatable bonds is 1. The minimum Gasteiger partial charge on any atom is -0.372 e.